The van der Waals surface area contributed by atoms with Gasteiger partial charge in [-0.15, -0.1) is 0 Å². The van der Waals surface area contributed by atoms with Crippen LogP contribution in [0, 0.1) is 0 Å². The first-order valence-electron chi connectivity index (χ1n) is 10.5. The number of carbonyl (C=O) groups excluding carboxylic acids is 1. The van der Waals surface area contributed by atoms with Crippen molar-refractivity contribution in [1.29, 1.82) is 0 Å². The van der Waals surface area contributed by atoms with Gasteiger partial charge in [-0.1, -0.05) is 23.5 Å². The average molecular weight is 525 g/mol. The first-order valence-corrected chi connectivity index (χ1v) is 11.3. The van der Waals surface area contributed by atoms with Crippen LogP contribution >= 0.6 is 11.3 Å². The summed E-state index contributed by atoms with van der Waals surface area (Å²) in [7, 11) is 0. The van der Waals surface area contributed by atoms with Gasteiger partial charge in [0.2, 0.25) is 0 Å². The molecule has 0 atom stereocenters. The molecule has 5 nitrogen and oxygen atoms in total. The van der Waals surface area contributed by atoms with Gasteiger partial charge in [0.05, 0.1) is 34.7 Å². The Kier molecular flexibility index (Phi) is 6.90. The van der Waals surface area contributed by atoms with Crippen LogP contribution in [0.25, 0.3) is 10.2 Å². The maximum Gasteiger partial charge on any atom is 0.416 e. The highest BCUT2D eigenvalue weighted by Gasteiger charge is 2.38. The molecule has 0 bridgehead atoms. The molecule has 12 heteroatoms. The molecule has 0 saturated carbocycles. The normalized spacial score (nSPS) is 12.1. The Morgan fingerprint density at radius 3 is 2.25 bits per heavy atom. The summed E-state index contributed by atoms with van der Waals surface area (Å²) in [6, 6.07) is 10.7. The third-order valence-electron chi connectivity index (χ3n) is 5.03. The summed E-state index contributed by atoms with van der Waals surface area (Å²) in [6.45, 7) is 1.88. The number of halogens is 6. The fourth-order valence-electron chi connectivity index (χ4n) is 3.41. The van der Waals surface area contributed by atoms with Crippen LogP contribution in [-0.4, -0.2) is 22.5 Å². The van der Waals surface area contributed by atoms with Crippen molar-refractivity contribution in [2.75, 3.05) is 11.5 Å². The number of amides is 1. The second-order valence-electron chi connectivity index (χ2n) is 7.54. The zero-order valence-electron chi connectivity index (χ0n) is 18.5. The molecule has 0 fully saturated rings. The minimum absolute atomic E-state index is 0.0219. The summed E-state index contributed by atoms with van der Waals surface area (Å²) < 4.78 is 86.6. The number of nitrogens with zero attached hydrogens (tertiary/aromatic N) is 3. The second kappa shape index (κ2) is 9.76. The van der Waals surface area contributed by atoms with Crippen LogP contribution in [0.3, 0.4) is 0 Å². The SMILES string of the molecule is CCOc1cccc2sc(N(Cc3ccccn3)C(=O)c3cc(C(F)(F)F)cc(C(F)(F)F)c3)nc12. The van der Waals surface area contributed by atoms with Crippen molar-refractivity contribution in [3.63, 3.8) is 0 Å². The molecule has 0 aliphatic heterocycles. The number of benzene rings is 2. The summed E-state index contributed by atoms with van der Waals surface area (Å²) in [5.74, 6) is -0.657. The monoisotopic (exact) mass is 525 g/mol. The molecule has 0 aliphatic carbocycles. The molecule has 0 unspecified atom stereocenters. The molecule has 4 rings (SSSR count). The molecule has 0 saturated heterocycles. The number of ether oxygens (including phenoxy) is 1. The molecule has 2 aromatic carbocycles. The maximum absolute atomic E-state index is 13.5. The first-order chi connectivity index (χ1) is 17.0. The number of hydrogen-bond acceptors (Lipinski definition) is 5. The number of aromatic nitrogens is 2. The van der Waals surface area contributed by atoms with E-state index in [-0.39, 0.29) is 17.7 Å². The Bertz CT molecular complexity index is 1350. The van der Waals surface area contributed by atoms with Crippen molar-refractivity contribution in [3.8, 4) is 5.75 Å². The third-order valence-corrected chi connectivity index (χ3v) is 6.07. The van der Waals surface area contributed by atoms with Crippen molar-refractivity contribution in [2.45, 2.75) is 25.8 Å². The maximum atomic E-state index is 13.5. The highest BCUT2D eigenvalue weighted by Crippen LogP contribution is 2.38. The van der Waals surface area contributed by atoms with E-state index in [1.807, 2.05) is 0 Å². The van der Waals surface area contributed by atoms with Crippen molar-refractivity contribution in [2.24, 2.45) is 0 Å². The molecular weight excluding hydrogens is 508 g/mol. The Morgan fingerprint density at radius 2 is 1.67 bits per heavy atom. The van der Waals surface area contributed by atoms with Crippen LogP contribution in [-0.2, 0) is 18.9 Å². The topological polar surface area (TPSA) is 55.3 Å². The van der Waals surface area contributed by atoms with Gasteiger partial charge < -0.3 is 4.74 Å². The van der Waals surface area contributed by atoms with E-state index in [0.29, 0.717) is 40.4 Å². The molecule has 0 spiro atoms. The molecule has 2 heterocycles. The number of rotatable bonds is 6. The van der Waals surface area contributed by atoms with Gasteiger partial charge in [-0.2, -0.15) is 26.3 Å². The standard InChI is InChI=1S/C24H17F6N3O2S/c1-2-35-18-7-5-8-19-20(18)32-22(36-19)33(13-17-6-3-4-9-31-17)21(34)14-10-15(23(25,26)27)12-16(11-14)24(28,29)30/h3-12H,2,13H2,1H3. The van der Waals surface area contributed by atoms with Crippen LogP contribution in [0.15, 0.2) is 60.8 Å². The molecule has 1 amide bonds. The summed E-state index contributed by atoms with van der Waals surface area (Å²) in [5.41, 5.74) is -3.17. The van der Waals surface area contributed by atoms with Gasteiger partial charge in [0.15, 0.2) is 5.13 Å². The summed E-state index contributed by atoms with van der Waals surface area (Å²) >= 11 is 1.05. The first kappa shape index (κ1) is 25.4. The van der Waals surface area contributed by atoms with E-state index in [9.17, 15) is 31.1 Å². The number of hydrogen-bond donors (Lipinski definition) is 0. The van der Waals surface area contributed by atoms with E-state index >= 15 is 0 Å². The Labute approximate surface area is 205 Å². The molecule has 0 radical (unpaired) electrons. The molecule has 2 aromatic heterocycles. The van der Waals surface area contributed by atoms with Crippen LogP contribution in [0.1, 0.15) is 34.1 Å². The van der Waals surface area contributed by atoms with Gasteiger partial charge >= 0.3 is 12.4 Å². The zero-order valence-corrected chi connectivity index (χ0v) is 19.3. The van der Waals surface area contributed by atoms with Crippen molar-refractivity contribution in [3.05, 3.63) is 83.2 Å². The van der Waals surface area contributed by atoms with E-state index in [2.05, 4.69) is 9.97 Å². The smallest absolute Gasteiger partial charge is 0.416 e. The van der Waals surface area contributed by atoms with Gasteiger partial charge in [-0.05, 0) is 49.4 Å². The lowest BCUT2D eigenvalue weighted by molar-refractivity contribution is -0.143. The summed E-state index contributed by atoms with van der Waals surface area (Å²) in [6.07, 6.45) is -8.73. The number of fused-ring (bicyclic) bond motifs is 1. The van der Waals surface area contributed by atoms with Gasteiger partial charge in [0.1, 0.15) is 11.3 Å². The number of carbonyl (C=O) groups is 1. The average Bonchev–Trinajstić information content (AvgIpc) is 3.27. The van der Waals surface area contributed by atoms with Crippen LogP contribution < -0.4 is 9.64 Å². The predicted molar refractivity (Wildman–Crippen MR) is 122 cm³/mol. The predicted octanol–water partition coefficient (Wildman–Crippen LogP) is 6.97. The molecule has 0 aliphatic rings. The fourth-order valence-corrected chi connectivity index (χ4v) is 4.39. The number of anilines is 1. The summed E-state index contributed by atoms with van der Waals surface area (Å²) in [4.78, 5) is 23.1. The van der Waals surface area contributed by atoms with Gasteiger partial charge in [-0.25, -0.2) is 4.98 Å². The molecule has 188 valence electrons. The van der Waals surface area contributed by atoms with Crippen molar-refractivity contribution in [1.82, 2.24) is 9.97 Å². The Balaban J connectivity index is 1.86. The van der Waals surface area contributed by atoms with E-state index in [1.54, 1.807) is 43.3 Å². The van der Waals surface area contributed by atoms with Crippen LogP contribution in [0.5, 0.6) is 5.75 Å². The van der Waals surface area contributed by atoms with Crippen molar-refractivity contribution >= 4 is 32.6 Å². The van der Waals surface area contributed by atoms with Crippen molar-refractivity contribution < 1.29 is 35.9 Å². The van der Waals surface area contributed by atoms with Gasteiger partial charge in [0.25, 0.3) is 5.91 Å². The van der Waals surface area contributed by atoms with E-state index < -0.39 is 35.0 Å². The fraction of sp³-hybridized carbons (Fsp3) is 0.208. The quantitative estimate of drug-likeness (QED) is 0.255. The number of alkyl halides is 6. The molecule has 4 aromatic rings. The number of para-hydroxylation sites is 1. The minimum Gasteiger partial charge on any atom is -0.492 e. The lowest BCUT2D eigenvalue weighted by atomic mass is 10.0. The zero-order chi connectivity index (χ0) is 26.1. The Morgan fingerprint density at radius 1 is 0.972 bits per heavy atom. The Hall–Kier alpha value is -3.67. The van der Waals surface area contributed by atoms with E-state index in [0.717, 1.165) is 16.2 Å². The van der Waals surface area contributed by atoms with E-state index in [1.165, 1.54) is 6.20 Å². The highest BCUT2D eigenvalue weighted by atomic mass is 32.1. The highest BCUT2D eigenvalue weighted by molar-refractivity contribution is 7.22. The molecule has 36 heavy (non-hydrogen) atoms. The van der Waals surface area contributed by atoms with Crippen LogP contribution in [0.4, 0.5) is 31.5 Å². The third kappa shape index (κ3) is 5.43. The van der Waals surface area contributed by atoms with E-state index in [4.69, 9.17) is 4.74 Å². The van der Waals surface area contributed by atoms with Gasteiger partial charge in [0, 0.05) is 11.8 Å². The lowest BCUT2D eigenvalue weighted by Gasteiger charge is -2.21. The molecule has 0 N–H and O–H groups in total. The molecular formula is C24H17F6N3O2S. The minimum atomic E-state index is -5.09. The van der Waals surface area contributed by atoms with Crippen LogP contribution in [0.2, 0.25) is 0 Å². The lowest BCUT2D eigenvalue weighted by Crippen LogP contribution is -2.31. The summed E-state index contributed by atoms with van der Waals surface area (Å²) in [5, 5.41) is 0.0683. The van der Waals surface area contributed by atoms with Gasteiger partial charge in [-0.3, -0.25) is 14.7 Å². The number of thiazole rings is 1. The second-order valence-corrected chi connectivity index (χ2v) is 8.55. The number of pyridine rings is 1. The largest absolute Gasteiger partial charge is 0.492 e.